The average molecular weight is 340 g/mol. The highest BCUT2D eigenvalue weighted by atomic mass is 79.9. The molecule has 0 fully saturated rings. The summed E-state index contributed by atoms with van der Waals surface area (Å²) in [4.78, 5) is 0. The van der Waals surface area contributed by atoms with Crippen molar-refractivity contribution in [1.82, 2.24) is 0 Å². The molecule has 1 aliphatic rings. The van der Waals surface area contributed by atoms with Crippen LogP contribution in [0.4, 0.5) is 14.5 Å². The Labute approximate surface area is 123 Å². The Bertz CT molecular complexity index is 648. The van der Waals surface area contributed by atoms with E-state index in [1.807, 2.05) is 18.2 Å². The fourth-order valence-electron chi connectivity index (χ4n) is 2.26. The minimum atomic E-state index is -0.468. The van der Waals surface area contributed by atoms with E-state index in [-0.39, 0.29) is 11.8 Å². The molecule has 0 bridgehead atoms. The van der Waals surface area contributed by atoms with Gasteiger partial charge in [0.1, 0.15) is 23.5 Å². The van der Waals surface area contributed by atoms with Crippen LogP contribution in [0.3, 0.4) is 0 Å². The maximum atomic E-state index is 13.5. The zero-order valence-electron chi connectivity index (χ0n) is 10.5. The molecule has 2 aromatic rings. The number of halogens is 3. The first kappa shape index (κ1) is 13.4. The molecular weight excluding hydrogens is 328 g/mol. The summed E-state index contributed by atoms with van der Waals surface area (Å²) in [6, 6.07) is 9.19. The number of benzene rings is 2. The number of ether oxygens (including phenoxy) is 1. The molecule has 20 heavy (non-hydrogen) atoms. The highest BCUT2D eigenvalue weighted by Crippen LogP contribution is 2.31. The van der Waals surface area contributed by atoms with Gasteiger partial charge in [-0.3, -0.25) is 0 Å². The Morgan fingerprint density at radius 1 is 1.20 bits per heavy atom. The smallest absolute Gasteiger partial charge is 0.146 e. The van der Waals surface area contributed by atoms with Gasteiger partial charge in [-0.25, -0.2) is 8.78 Å². The summed E-state index contributed by atoms with van der Waals surface area (Å²) in [5, 5.41) is 2.89. The van der Waals surface area contributed by atoms with Crippen molar-refractivity contribution in [3.8, 4) is 5.75 Å². The SMILES string of the molecule is Fc1ccc(F)c(NCC2Cc3cc(Br)ccc3O2)c1. The second kappa shape index (κ2) is 5.40. The quantitative estimate of drug-likeness (QED) is 0.907. The topological polar surface area (TPSA) is 21.3 Å². The van der Waals surface area contributed by atoms with Crippen LogP contribution >= 0.6 is 15.9 Å². The van der Waals surface area contributed by atoms with Crippen LogP contribution in [0.15, 0.2) is 40.9 Å². The summed E-state index contributed by atoms with van der Waals surface area (Å²) < 4.78 is 33.3. The van der Waals surface area contributed by atoms with Crippen molar-refractivity contribution in [2.24, 2.45) is 0 Å². The Kier molecular flexibility index (Phi) is 3.61. The van der Waals surface area contributed by atoms with Gasteiger partial charge >= 0.3 is 0 Å². The molecule has 0 amide bonds. The maximum Gasteiger partial charge on any atom is 0.146 e. The Balaban J connectivity index is 1.65. The van der Waals surface area contributed by atoms with Gasteiger partial charge in [0.2, 0.25) is 0 Å². The number of nitrogens with one attached hydrogen (secondary N) is 1. The van der Waals surface area contributed by atoms with Crippen molar-refractivity contribution in [2.45, 2.75) is 12.5 Å². The lowest BCUT2D eigenvalue weighted by Crippen LogP contribution is -2.24. The number of hydrogen-bond acceptors (Lipinski definition) is 2. The van der Waals surface area contributed by atoms with Crippen molar-refractivity contribution >= 4 is 21.6 Å². The lowest BCUT2D eigenvalue weighted by atomic mass is 10.1. The largest absolute Gasteiger partial charge is 0.488 e. The molecule has 1 heterocycles. The van der Waals surface area contributed by atoms with Gasteiger partial charge in [0, 0.05) is 10.9 Å². The van der Waals surface area contributed by atoms with Crippen molar-refractivity contribution in [3.05, 3.63) is 58.1 Å². The molecule has 0 saturated heterocycles. The standard InChI is InChI=1S/C15H12BrF2NO/c16-10-1-4-15-9(5-10)6-12(20-15)8-19-14-7-11(17)2-3-13(14)18/h1-5,7,12,19H,6,8H2. The van der Waals surface area contributed by atoms with Crippen molar-refractivity contribution < 1.29 is 13.5 Å². The molecule has 1 atom stereocenters. The second-order valence-corrected chi connectivity index (χ2v) is 5.62. The van der Waals surface area contributed by atoms with Crippen molar-refractivity contribution in [1.29, 1.82) is 0 Å². The van der Waals surface area contributed by atoms with Gasteiger partial charge in [-0.2, -0.15) is 0 Å². The molecule has 3 rings (SSSR count). The van der Waals surface area contributed by atoms with Gasteiger partial charge in [0.05, 0.1) is 12.2 Å². The average Bonchev–Trinajstić information content (AvgIpc) is 2.81. The van der Waals surface area contributed by atoms with Crippen LogP contribution in [0, 0.1) is 11.6 Å². The second-order valence-electron chi connectivity index (χ2n) is 4.70. The number of hydrogen-bond donors (Lipinski definition) is 1. The van der Waals surface area contributed by atoms with Crippen LogP contribution in [0.2, 0.25) is 0 Å². The fraction of sp³-hybridized carbons (Fsp3) is 0.200. The third-order valence-electron chi connectivity index (χ3n) is 3.21. The third-order valence-corrected chi connectivity index (χ3v) is 3.71. The van der Waals surface area contributed by atoms with Crippen LogP contribution < -0.4 is 10.1 Å². The van der Waals surface area contributed by atoms with E-state index in [1.165, 1.54) is 0 Å². The van der Waals surface area contributed by atoms with Crippen LogP contribution in [0.5, 0.6) is 5.75 Å². The summed E-state index contributed by atoms with van der Waals surface area (Å²) in [7, 11) is 0. The molecular formula is C15H12BrF2NO. The predicted molar refractivity (Wildman–Crippen MR) is 77.1 cm³/mol. The molecule has 0 spiro atoms. The van der Waals surface area contributed by atoms with E-state index in [4.69, 9.17) is 4.74 Å². The zero-order valence-corrected chi connectivity index (χ0v) is 12.1. The molecule has 1 N–H and O–H groups in total. The summed E-state index contributed by atoms with van der Waals surface area (Å²) in [6.45, 7) is 0.423. The van der Waals surface area contributed by atoms with E-state index in [2.05, 4.69) is 21.2 Å². The van der Waals surface area contributed by atoms with Gasteiger partial charge in [-0.05, 0) is 42.0 Å². The van der Waals surface area contributed by atoms with E-state index in [0.29, 0.717) is 6.54 Å². The van der Waals surface area contributed by atoms with E-state index in [0.717, 1.165) is 40.4 Å². The minimum Gasteiger partial charge on any atom is -0.488 e. The first-order valence-electron chi connectivity index (χ1n) is 6.26. The van der Waals surface area contributed by atoms with E-state index >= 15 is 0 Å². The molecule has 0 aliphatic carbocycles. The van der Waals surface area contributed by atoms with Gasteiger partial charge in [0.15, 0.2) is 0 Å². The van der Waals surface area contributed by atoms with Gasteiger partial charge < -0.3 is 10.1 Å². The predicted octanol–water partition coefficient (Wildman–Crippen LogP) is 4.14. The number of fused-ring (bicyclic) bond motifs is 1. The van der Waals surface area contributed by atoms with Gasteiger partial charge in [0.25, 0.3) is 0 Å². The lowest BCUT2D eigenvalue weighted by molar-refractivity contribution is 0.246. The molecule has 0 aromatic heterocycles. The van der Waals surface area contributed by atoms with Crippen LogP contribution in [0.1, 0.15) is 5.56 Å². The summed E-state index contributed by atoms with van der Waals surface area (Å²) in [5.74, 6) is -0.0853. The summed E-state index contributed by atoms with van der Waals surface area (Å²) in [6.07, 6.45) is 0.667. The summed E-state index contributed by atoms with van der Waals surface area (Å²) in [5.41, 5.74) is 1.27. The molecule has 2 aromatic carbocycles. The van der Waals surface area contributed by atoms with Crippen molar-refractivity contribution in [3.63, 3.8) is 0 Å². The molecule has 1 aliphatic heterocycles. The van der Waals surface area contributed by atoms with Crippen LogP contribution in [-0.4, -0.2) is 12.6 Å². The van der Waals surface area contributed by atoms with E-state index in [1.54, 1.807) is 0 Å². The molecule has 5 heteroatoms. The first-order chi connectivity index (χ1) is 9.61. The lowest BCUT2D eigenvalue weighted by Gasteiger charge is -2.13. The Morgan fingerprint density at radius 2 is 2.05 bits per heavy atom. The number of rotatable bonds is 3. The van der Waals surface area contributed by atoms with E-state index in [9.17, 15) is 8.78 Å². The first-order valence-corrected chi connectivity index (χ1v) is 7.05. The monoisotopic (exact) mass is 339 g/mol. The fourth-order valence-corrected chi connectivity index (χ4v) is 2.67. The Morgan fingerprint density at radius 3 is 2.90 bits per heavy atom. The highest BCUT2D eigenvalue weighted by molar-refractivity contribution is 9.10. The molecule has 104 valence electrons. The van der Waals surface area contributed by atoms with Crippen molar-refractivity contribution in [2.75, 3.05) is 11.9 Å². The molecule has 2 nitrogen and oxygen atoms in total. The Hall–Kier alpha value is -1.62. The summed E-state index contributed by atoms with van der Waals surface area (Å²) >= 11 is 3.42. The van der Waals surface area contributed by atoms with Gasteiger partial charge in [-0.15, -0.1) is 0 Å². The van der Waals surface area contributed by atoms with Crippen LogP contribution in [0.25, 0.3) is 0 Å². The maximum absolute atomic E-state index is 13.5. The van der Waals surface area contributed by atoms with E-state index < -0.39 is 11.6 Å². The van der Waals surface area contributed by atoms with Gasteiger partial charge in [-0.1, -0.05) is 15.9 Å². The van der Waals surface area contributed by atoms with Crippen LogP contribution in [-0.2, 0) is 6.42 Å². The third kappa shape index (κ3) is 2.77. The number of anilines is 1. The zero-order chi connectivity index (χ0) is 14.1. The molecule has 1 unspecified atom stereocenters. The normalized spacial score (nSPS) is 16.6. The highest BCUT2D eigenvalue weighted by Gasteiger charge is 2.23. The minimum absolute atomic E-state index is 0.0815. The molecule has 0 saturated carbocycles. The molecule has 0 radical (unpaired) electrons.